The van der Waals surface area contributed by atoms with Crippen molar-refractivity contribution in [3.05, 3.63) is 11.9 Å². The first-order valence-electron chi connectivity index (χ1n) is 6.73. The molecule has 1 aliphatic rings. The standard InChI is InChI=1S/C12H21N5O2S/c1-10-15-11(13-5-6-14-20(2,18)19)9-12(16-10)17-7-3-4-8-17/h9,14H,3-8H2,1-2H3,(H,13,15,16). The summed E-state index contributed by atoms with van der Waals surface area (Å²) in [6.07, 6.45) is 3.54. The van der Waals surface area contributed by atoms with E-state index in [9.17, 15) is 8.42 Å². The Hall–Kier alpha value is -1.41. The third-order valence-electron chi connectivity index (χ3n) is 3.05. The molecule has 1 fully saturated rings. The van der Waals surface area contributed by atoms with Crippen molar-refractivity contribution in [2.24, 2.45) is 0 Å². The Kier molecular flexibility index (Phi) is 4.77. The van der Waals surface area contributed by atoms with Crippen molar-refractivity contribution in [3.8, 4) is 0 Å². The number of aryl methyl sites for hydroxylation is 1. The molecule has 0 spiro atoms. The lowest BCUT2D eigenvalue weighted by Crippen LogP contribution is -2.28. The summed E-state index contributed by atoms with van der Waals surface area (Å²) in [7, 11) is -3.14. The van der Waals surface area contributed by atoms with Crippen molar-refractivity contribution in [2.75, 3.05) is 42.7 Å². The second-order valence-corrected chi connectivity index (χ2v) is 6.78. The van der Waals surface area contributed by atoms with Gasteiger partial charge >= 0.3 is 0 Å². The van der Waals surface area contributed by atoms with Gasteiger partial charge < -0.3 is 10.2 Å². The fourth-order valence-corrected chi connectivity index (χ4v) is 2.65. The normalized spacial score (nSPS) is 15.6. The molecule has 0 atom stereocenters. The largest absolute Gasteiger partial charge is 0.369 e. The molecule has 20 heavy (non-hydrogen) atoms. The number of hydrogen-bond acceptors (Lipinski definition) is 6. The van der Waals surface area contributed by atoms with E-state index < -0.39 is 10.0 Å². The molecule has 2 rings (SSSR count). The van der Waals surface area contributed by atoms with Crippen LogP contribution in [0.4, 0.5) is 11.6 Å². The fourth-order valence-electron chi connectivity index (χ4n) is 2.18. The summed E-state index contributed by atoms with van der Waals surface area (Å²) in [6, 6.07) is 1.92. The Labute approximate surface area is 119 Å². The molecule has 112 valence electrons. The molecule has 1 saturated heterocycles. The Morgan fingerprint density at radius 3 is 2.60 bits per heavy atom. The van der Waals surface area contributed by atoms with Crippen molar-refractivity contribution >= 4 is 21.7 Å². The highest BCUT2D eigenvalue weighted by atomic mass is 32.2. The van der Waals surface area contributed by atoms with Crippen molar-refractivity contribution in [3.63, 3.8) is 0 Å². The van der Waals surface area contributed by atoms with Crippen molar-refractivity contribution in [1.29, 1.82) is 0 Å². The molecule has 2 heterocycles. The lowest BCUT2D eigenvalue weighted by Gasteiger charge is -2.17. The number of hydrogen-bond donors (Lipinski definition) is 2. The topological polar surface area (TPSA) is 87.2 Å². The van der Waals surface area contributed by atoms with Gasteiger partial charge in [-0.25, -0.2) is 23.1 Å². The molecular formula is C12H21N5O2S. The van der Waals surface area contributed by atoms with E-state index in [0.717, 1.165) is 31.0 Å². The van der Waals surface area contributed by atoms with Crippen LogP contribution in [-0.2, 0) is 10.0 Å². The Morgan fingerprint density at radius 2 is 1.95 bits per heavy atom. The number of nitrogens with zero attached hydrogens (tertiary/aromatic N) is 3. The molecule has 0 aromatic carbocycles. The van der Waals surface area contributed by atoms with Gasteiger partial charge in [-0.1, -0.05) is 0 Å². The molecule has 1 aliphatic heterocycles. The monoisotopic (exact) mass is 299 g/mol. The second kappa shape index (κ2) is 6.36. The van der Waals surface area contributed by atoms with E-state index in [1.54, 1.807) is 0 Å². The molecule has 0 saturated carbocycles. The number of sulfonamides is 1. The van der Waals surface area contributed by atoms with E-state index in [1.165, 1.54) is 12.8 Å². The van der Waals surface area contributed by atoms with Crippen LogP contribution in [0.25, 0.3) is 0 Å². The molecule has 1 aromatic rings. The van der Waals surface area contributed by atoms with Gasteiger partial charge in [0.1, 0.15) is 17.5 Å². The number of rotatable bonds is 6. The summed E-state index contributed by atoms with van der Waals surface area (Å²) in [5.41, 5.74) is 0. The van der Waals surface area contributed by atoms with Crippen LogP contribution < -0.4 is 14.9 Å². The van der Waals surface area contributed by atoms with Crippen molar-refractivity contribution < 1.29 is 8.42 Å². The highest BCUT2D eigenvalue weighted by molar-refractivity contribution is 7.88. The number of nitrogens with one attached hydrogen (secondary N) is 2. The number of aromatic nitrogens is 2. The van der Waals surface area contributed by atoms with E-state index in [0.29, 0.717) is 18.9 Å². The first-order valence-corrected chi connectivity index (χ1v) is 8.62. The first kappa shape index (κ1) is 15.0. The van der Waals surface area contributed by atoms with Gasteiger partial charge in [0.2, 0.25) is 10.0 Å². The van der Waals surface area contributed by atoms with E-state index >= 15 is 0 Å². The molecule has 0 radical (unpaired) electrons. The maximum absolute atomic E-state index is 11.0. The average Bonchev–Trinajstić information content (AvgIpc) is 2.86. The minimum absolute atomic E-state index is 0.334. The summed E-state index contributed by atoms with van der Waals surface area (Å²) in [5.74, 6) is 2.39. The summed E-state index contributed by atoms with van der Waals surface area (Å²) in [4.78, 5) is 11.0. The first-order chi connectivity index (χ1) is 9.44. The molecular weight excluding hydrogens is 278 g/mol. The second-order valence-electron chi connectivity index (χ2n) is 4.95. The summed E-state index contributed by atoms with van der Waals surface area (Å²) in [5, 5.41) is 3.12. The van der Waals surface area contributed by atoms with Crippen LogP contribution in [0.5, 0.6) is 0 Å². The maximum atomic E-state index is 11.0. The van der Waals surface area contributed by atoms with E-state index in [4.69, 9.17) is 0 Å². The quantitative estimate of drug-likeness (QED) is 0.737. The van der Waals surface area contributed by atoms with Gasteiger partial charge in [0, 0.05) is 32.2 Å². The Morgan fingerprint density at radius 1 is 1.25 bits per heavy atom. The molecule has 8 heteroatoms. The van der Waals surface area contributed by atoms with Crippen LogP contribution in [0.15, 0.2) is 6.07 Å². The van der Waals surface area contributed by atoms with Gasteiger partial charge in [0.25, 0.3) is 0 Å². The van der Waals surface area contributed by atoms with Gasteiger partial charge in [-0.3, -0.25) is 0 Å². The minimum atomic E-state index is -3.14. The molecule has 0 unspecified atom stereocenters. The van der Waals surface area contributed by atoms with E-state index in [-0.39, 0.29) is 0 Å². The maximum Gasteiger partial charge on any atom is 0.208 e. The highest BCUT2D eigenvalue weighted by Crippen LogP contribution is 2.20. The van der Waals surface area contributed by atoms with Crippen LogP contribution in [-0.4, -0.2) is 50.8 Å². The lowest BCUT2D eigenvalue weighted by molar-refractivity contribution is 0.589. The third kappa shape index (κ3) is 4.61. The van der Waals surface area contributed by atoms with Gasteiger partial charge in [-0.05, 0) is 19.8 Å². The van der Waals surface area contributed by atoms with Crippen LogP contribution >= 0.6 is 0 Å². The fraction of sp³-hybridized carbons (Fsp3) is 0.667. The van der Waals surface area contributed by atoms with E-state index in [2.05, 4.69) is 24.9 Å². The smallest absolute Gasteiger partial charge is 0.208 e. The average molecular weight is 299 g/mol. The molecule has 7 nitrogen and oxygen atoms in total. The highest BCUT2D eigenvalue weighted by Gasteiger charge is 2.14. The van der Waals surface area contributed by atoms with Crippen molar-refractivity contribution in [2.45, 2.75) is 19.8 Å². The van der Waals surface area contributed by atoms with Crippen molar-refractivity contribution in [1.82, 2.24) is 14.7 Å². The SMILES string of the molecule is Cc1nc(NCCNS(C)(=O)=O)cc(N2CCCC2)n1. The summed E-state index contributed by atoms with van der Waals surface area (Å²) < 4.78 is 24.3. The molecule has 2 N–H and O–H groups in total. The summed E-state index contributed by atoms with van der Waals surface area (Å²) in [6.45, 7) is 4.75. The third-order valence-corrected chi connectivity index (χ3v) is 3.78. The minimum Gasteiger partial charge on any atom is -0.369 e. The zero-order valence-corrected chi connectivity index (χ0v) is 12.7. The van der Waals surface area contributed by atoms with Crippen LogP contribution in [0.1, 0.15) is 18.7 Å². The van der Waals surface area contributed by atoms with Gasteiger partial charge in [0.05, 0.1) is 6.26 Å². The summed E-state index contributed by atoms with van der Waals surface area (Å²) >= 11 is 0. The predicted octanol–water partition coefficient (Wildman–Crippen LogP) is 0.346. The van der Waals surface area contributed by atoms with Gasteiger partial charge in [0.15, 0.2) is 0 Å². The van der Waals surface area contributed by atoms with E-state index in [1.807, 2.05) is 13.0 Å². The molecule has 1 aromatic heterocycles. The lowest BCUT2D eigenvalue weighted by atomic mass is 10.4. The zero-order chi connectivity index (χ0) is 14.6. The zero-order valence-electron chi connectivity index (χ0n) is 11.9. The molecule has 0 amide bonds. The van der Waals surface area contributed by atoms with Gasteiger partial charge in [-0.2, -0.15) is 0 Å². The van der Waals surface area contributed by atoms with Crippen LogP contribution in [0.3, 0.4) is 0 Å². The predicted molar refractivity (Wildman–Crippen MR) is 79.6 cm³/mol. The van der Waals surface area contributed by atoms with Crippen LogP contribution in [0.2, 0.25) is 0 Å². The molecule has 0 bridgehead atoms. The Bertz CT molecular complexity index is 555. The molecule has 0 aliphatic carbocycles. The van der Waals surface area contributed by atoms with Gasteiger partial charge in [-0.15, -0.1) is 0 Å². The Balaban J connectivity index is 1.94. The van der Waals surface area contributed by atoms with Crippen LogP contribution in [0, 0.1) is 6.92 Å². The number of anilines is 2.